The summed E-state index contributed by atoms with van der Waals surface area (Å²) in [5, 5.41) is 0. The van der Waals surface area contributed by atoms with Gasteiger partial charge < -0.3 is 0 Å². The van der Waals surface area contributed by atoms with Crippen molar-refractivity contribution in [1.29, 1.82) is 0 Å². The fourth-order valence-electron chi connectivity index (χ4n) is 2.53. The summed E-state index contributed by atoms with van der Waals surface area (Å²) in [6, 6.07) is 28.5. The van der Waals surface area contributed by atoms with Crippen LogP contribution in [0.25, 0.3) is 0 Å². The van der Waals surface area contributed by atoms with Crippen molar-refractivity contribution in [3.63, 3.8) is 0 Å². The van der Waals surface area contributed by atoms with Crippen LogP contribution < -0.4 is 0 Å². The van der Waals surface area contributed by atoms with Gasteiger partial charge in [-0.3, -0.25) is 0 Å². The average Bonchev–Trinajstić information content (AvgIpc) is 2.60. The summed E-state index contributed by atoms with van der Waals surface area (Å²) >= 11 is 0. The van der Waals surface area contributed by atoms with Crippen molar-refractivity contribution >= 4 is 0 Å². The lowest BCUT2D eigenvalue weighted by molar-refractivity contribution is -0.327. The van der Waals surface area contributed by atoms with Gasteiger partial charge in [0.25, 0.3) is 0 Å². The van der Waals surface area contributed by atoms with E-state index >= 15 is 0 Å². The van der Waals surface area contributed by atoms with Crippen molar-refractivity contribution in [2.45, 2.75) is 19.6 Å². The minimum absolute atomic E-state index is 0.234. The highest BCUT2D eigenvalue weighted by Gasteiger charge is 2.15. The Balaban J connectivity index is 1.72. The molecule has 0 aliphatic heterocycles. The molecular weight excluding hydrogens is 284 g/mol. The number of rotatable bonds is 6. The Labute approximate surface area is 137 Å². The zero-order valence-corrected chi connectivity index (χ0v) is 13.2. The molecule has 23 heavy (non-hydrogen) atoms. The maximum absolute atomic E-state index is 5.76. The molecule has 0 heterocycles. The predicted molar refractivity (Wildman–Crippen MR) is 91.8 cm³/mol. The van der Waals surface area contributed by atoms with Gasteiger partial charge in [0.1, 0.15) is 12.7 Å². The Morgan fingerprint density at radius 3 is 1.91 bits per heavy atom. The topological polar surface area (TPSA) is 18.5 Å². The first kappa shape index (κ1) is 15.5. The lowest BCUT2D eigenvalue weighted by Gasteiger charge is -2.17. The molecule has 3 aromatic carbocycles. The van der Waals surface area contributed by atoms with Crippen molar-refractivity contribution in [3.05, 3.63) is 107 Å². The fourth-order valence-corrected chi connectivity index (χ4v) is 2.53. The van der Waals surface area contributed by atoms with E-state index in [1.165, 1.54) is 5.56 Å². The van der Waals surface area contributed by atoms with E-state index in [0.29, 0.717) is 6.61 Å². The number of benzene rings is 3. The summed E-state index contributed by atoms with van der Waals surface area (Å²) in [4.78, 5) is 11.3. The molecule has 0 saturated carbocycles. The van der Waals surface area contributed by atoms with Gasteiger partial charge in [-0.05, 0) is 23.6 Å². The van der Waals surface area contributed by atoms with Crippen molar-refractivity contribution < 1.29 is 9.78 Å². The van der Waals surface area contributed by atoms with Crippen LogP contribution in [-0.4, -0.2) is 0 Å². The summed E-state index contributed by atoms with van der Waals surface area (Å²) in [5.41, 5.74) is 4.46. The summed E-state index contributed by atoms with van der Waals surface area (Å²) in [6.07, 6.45) is -0.234. The molecule has 0 N–H and O–H groups in total. The van der Waals surface area contributed by atoms with Gasteiger partial charge in [-0.25, -0.2) is 9.78 Å². The second kappa shape index (κ2) is 7.73. The SMILES string of the molecule is Cc1cccc(COOC(c2ccccc2)c2ccccc2)c1. The van der Waals surface area contributed by atoms with Crippen molar-refractivity contribution in [2.75, 3.05) is 0 Å². The molecule has 0 saturated heterocycles. The molecule has 0 spiro atoms. The lowest BCUT2D eigenvalue weighted by atomic mass is 10.0. The van der Waals surface area contributed by atoms with Crippen LogP contribution in [0.2, 0.25) is 0 Å². The van der Waals surface area contributed by atoms with Gasteiger partial charge in [-0.15, -0.1) is 0 Å². The molecule has 3 rings (SSSR count). The summed E-state index contributed by atoms with van der Waals surface area (Å²) < 4.78 is 0. The Bertz CT molecular complexity index is 684. The summed E-state index contributed by atoms with van der Waals surface area (Å²) in [6.45, 7) is 2.50. The normalized spacial score (nSPS) is 10.9. The zero-order chi connectivity index (χ0) is 15.9. The van der Waals surface area contributed by atoms with E-state index < -0.39 is 0 Å². The highest BCUT2D eigenvalue weighted by molar-refractivity contribution is 5.29. The third-order valence-corrected chi connectivity index (χ3v) is 3.68. The number of hydrogen-bond donors (Lipinski definition) is 0. The predicted octanol–water partition coefficient (Wildman–Crippen LogP) is 5.23. The molecule has 0 aliphatic rings. The second-order valence-corrected chi connectivity index (χ2v) is 5.55. The van der Waals surface area contributed by atoms with Gasteiger partial charge in [0.2, 0.25) is 0 Å². The third kappa shape index (κ3) is 4.28. The van der Waals surface area contributed by atoms with Crippen molar-refractivity contribution in [2.24, 2.45) is 0 Å². The molecule has 0 fully saturated rings. The molecule has 0 unspecified atom stereocenters. The maximum Gasteiger partial charge on any atom is 0.143 e. The molecular formula is C21H20O2. The first-order chi connectivity index (χ1) is 11.3. The zero-order valence-electron chi connectivity index (χ0n) is 13.2. The molecule has 0 radical (unpaired) electrons. The largest absolute Gasteiger partial charge is 0.231 e. The van der Waals surface area contributed by atoms with E-state index in [1.807, 2.05) is 72.8 Å². The fraction of sp³-hybridized carbons (Fsp3) is 0.143. The standard InChI is InChI=1S/C21H20O2/c1-17-9-8-10-18(15-17)16-22-23-21(19-11-4-2-5-12-19)20-13-6-3-7-14-20/h2-15,21H,16H2,1H3. The highest BCUT2D eigenvalue weighted by atomic mass is 17.2. The smallest absolute Gasteiger partial charge is 0.143 e. The Hall–Kier alpha value is -2.42. The van der Waals surface area contributed by atoms with Gasteiger partial charge in [0.15, 0.2) is 0 Å². The molecule has 2 heteroatoms. The van der Waals surface area contributed by atoms with Crippen LogP contribution in [0.4, 0.5) is 0 Å². The maximum atomic E-state index is 5.76. The van der Waals surface area contributed by atoms with E-state index in [2.05, 4.69) is 19.1 Å². The first-order valence-corrected chi connectivity index (χ1v) is 7.76. The Kier molecular flexibility index (Phi) is 5.20. The van der Waals surface area contributed by atoms with E-state index in [9.17, 15) is 0 Å². The molecule has 0 amide bonds. The third-order valence-electron chi connectivity index (χ3n) is 3.68. The minimum atomic E-state index is -0.234. The quantitative estimate of drug-likeness (QED) is 0.458. The molecule has 0 aliphatic carbocycles. The van der Waals surface area contributed by atoms with Gasteiger partial charge in [0, 0.05) is 0 Å². The van der Waals surface area contributed by atoms with Gasteiger partial charge in [-0.2, -0.15) is 0 Å². The highest BCUT2D eigenvalue weighted by Crippen LogP contribution is 2.26. The number of aryl methyl sites for hydroxylation is 1. The van der Waals surface area contributed by atoms with Crippen LogP contribution in [0, 0.1) is 6.92 Å². The molecule has 0 atom stereocenters. The van der Waals surface area contributed by atoms with E-state index in [-0.39, 0.29) is 6.10 Å². The van der Waals surface area contributed by atoms with Crippen LogP contribution in [0.15, 0.2) is 84.9 Å². The van der Waals surface area contributed by atoms with E-state index in [4.69, 9.17) is 9.78 Å². The molecule has 116 valence electrons. The average molecular weight is 304 g/mol. The van der Waals surface area contributed by atoms with E-state index in [1.54, 1.807) is 0 Å². The van der Waals surface area contributed by atoms with Gasteiger partial charge in [0.05, 0.1) is 0 Å². The monoisotopic (exact) mass is 304 g/mol. The second-order valence-electron chi connectivity index (χ2n) is 5.55. The van der Waals surface area contributed by atoms with Crippen molar-refractivity contribution in [1.82, 2.24) is 0 Å². The molecule has 0 bridgehead atoms. The minimum Gasteiger partial charge on any atom is -0.231 e. The van der Waals surface area contributed by atoms with Crippen LogP contribution in [-0.2, 0) is 16.4 Å². The molecule has 2 nitrogen and oxygen atoms in total. The Morgan fingerprint density at radius 2 is 1.35 bits per heavy atom. The van der Waals surface area contributed by atoms with Gasteiger partial charge >= 0.3 is 0 Å². The van der Waals surface area contributed by atoms with Crippen LogP contribution in [0.1, 0.15) is 28.4 Å². The van der Waals surface area contributed by atoms with E-state index in [0.717, 1.165) is 16.7 Å². The van der Waals surface area contributed by atoms with Crippen LogP contribution in [0.5, 0.6) is 0 Å². The number of hydrogen-bond acceptors (Lipinski definition) is 2. The Morgan fingerprint density at radius 1 is 0.739 bits per heavy atom. The van der Waals surface area contributed by atoms with Crippen LogP contribution >= 0.6 is 0 Å². The summed E-state index contributed by atoms with van der Waals surface area (Å²) in [7, 11) is 0. The van der Waals surface area contributed by atoms with Crippen molar-refractivity contribution in [3.8, 4) is 0 Å². The summed E-state index contributed by atoms with van der Waals surface area (Å²) in [5.74, 6) is 0. The lowest BCUT2D eigenvalue weighted by Crippen LogP contribution is -2.07. The molecule has 3 aromatic rings. The van der Waals surface area contributed by atoms with Crippen LogP contribution in [0.3, 0.4) is 0 Å². The molecule has 0 aromatic heterocycles. The first-order valence-electron chi connectivity index (χ1n) is 7.76. The van der Waals surface area contributed by atoms with Gasteiger partial charge in [-0.1, -0.05) is 90.5 Å².